The van der Waals surface area contributed by atoms with E-state index in [4.69, 9.17) is 4.74 Å². The van der Waals surface area contributed by atoms with E-state index in [1.165, 1.54) is 12.1 Å². The van der Waals surface area contributed by atoms with Crippen molar-refractivity contribution in [1.82, 2.24) is 15.2 Å². The van der Waals surface area contributed by atoms with Crippen molar-refractivity contribution < 1.29 is 19.0 Å². The molecule has 0 unspecified atom stereocenters. The molecule has 0 radical (unpaired) electrons. The molecule has 0 aliphatic carbocycles. The molecule has 6 nitrogen and oxygen atoms in total. The highest BCUT2D eigenvalue weighted by atomic mass is 79.9. The molecule has 0 aliphatic rings. The average molecular weight is 464 g/mol. The lowest BCUT2D eigenvalue weighted by molar-refractivity contribution is -0.131. The number of aromatic nitrogens is 3. The average Bonchev–Trinajstić information content (AvgIpc) is 3.06. The van der Waals surface area contributed by atoms with E-state index in [2.05, 4.69) is 31.1 Å². The zero-order valence-corrected chi connectivity index (χ0v) is 17.1. The molecule has 0 saturated heterocycles. The van der Waals surface area contributed by atoms with Crippen molar-refractivity contribution in [1.29, 1.82) is 0 Å². The summed E-state index contributed by atoms with van der Waals surface area (Å²) in [5.74, 6) is -0.284. The van der Waals surface area contributed by atoms with E-state index < -0.39 is 5.97 Å². The number of aliphatic carboxylic acids is 1. The van der Waals surface area contributed by atoms with Crippen LogP contribution in [0.1, 0.15) is 17.0 Å². The van der Waals surface area contributed by atoms with Crippen LogP contribution in [-0.4, -0.2) is 26.3 Å². The zero-order chi connectivity index (χ0) is 20.1. The predicted octanol–water partition coefficient (Wildman–Crippen LogP) is 4.81. The van der Waals surface area contributed by atoms with Crippen LogP contribution in [0.2, 0.25) is 0 Å². The molecule has 28 heavy (non-hydrogen) atoms. The Morgan fingerprint density at radius 1 is 1.36 bits per heavy atom. The molecule has 0 fully saturated rings. The summed E-state index contributed by atoms with van der Waals surface area (Å²) in [6.07, 6.45) is 1.52. The summed E-state index contributed by atoms with van der Waals surface area (Å²) in [4.78, 5) is 15.7. The minimum absolute atomic E-state index is 0.0749. The standard InChI is InChI=1S/C19H15BrFN3O3S/c1-11-22-19(24-23-11)28-17(18(25)26)9-12-6-7-16(14(20)8-12)27-10-13-4-2-3-5-15(13)21/h2-9H,10H2,1H3,(H,25,26)(H,22,23,24)/b17-9-. The number of thioether (sulfide) groups is 1. The smallest absolute Gasteiger partial charge is 0.342 e. The molecular formula is C19H15BrFN3O3S. The van der Waals surface area contributed by atoms with E-state index in [1.807, 2.05) is 0 Å². The number of carboxylic acid groups (broad SMARTS) is 1. The van der Waals surface area contributed by atoms with Gasteiger partial charge in [0.1, 0.15) is 28.9 Å². The van der Waals surface area contributed by atoms with Crippen LogP contribution in [0.5, 0.6) is 5.75 Å². The number of carbonyl (C=O) groups is 1. The number of carboxylic acids is 1. The topological polar surface area (TPSA) is 88.1 Å². The van der Waals surface area contributed by atoms with Crippen molar-refractivity contribution in [3.8, 4) is 5.75 Å². The lowest BCUT2D eigenvalue weighted by atomic mass is 10.2. The molecule has 0 spiro atoms. The van der Waals surface area contributed by atoms with Gasteiger partial charge in [0, 0.05) is 5.56 Å². The van der Waals surface area contributed by atoms with Gasteiger partial charge >= 0.3 is 5.97 Å². The minimum atomic E-state index is -1.08. The van der Waals surface area contributed by atoms with Crippen LogP contribution in [-0.2, 0) is 11.4 Å². The fourth-order valence-corrected chi connectivity index (χ4v) is 3.51. The molecule has 0 bridgehead atoms. The molecule has 1 aromatic heterocycles. The van der Waals surface area contributed by atoms with Crippen LogP contribution in [0.3, 0.4) is 0 Å². The summed E-state index contributed by atoms with van der Waals surface area (Å²) in [5.41, 5.74) is 1.10. The lowest BCUT2D eigenvalue weighted by Gasteiger charge is -2.10. The number of nitrogens with zero attached hydrogens (tertiary/aromatic N) is 2. The number of halogens is 2. The molecule has 3 aromatic rings. The molecule has 2 aromatic carbocycles. The summed E-state index contributed by atoms with van der Waals surface area (Å²) in [6, 6.07) is 11.5. The van der Waals surface area contributed by atoms with Gasteiger partial charge in [0.2, 0.25) is 5.16 Å². The van der Waals surface area contributed by atoms with Gasteiger partial charge in [-0.2, -0.15) is 0 Å². The fraction of sp³-hybridized carbons (Fsp3) is 0.105. The van der Waals surface area contributed by atoms with Gasteiger partial charge in [-0.15, -0.1) is 5.10 Å². The number of hydrogen-bond acceptors (Lipinski definition) is 5. The van der Waals surface area contributed by atoms with Gasteiger partial charge in [0.25, 0.3) is 0 Å². The number of benzene rings is 2. The summed E-state index contributed by atoms with van der Waals surface area (Å²) in [5, 5.41) is 16.4. The maximum atomic E-state index is 13.7. The Morgan fingerprint density at radius 3 is 2.79 bits per heavy atom. The van der Waals surface area contributed by atoms with E-state index in [1.54, 1.807) is 43.3 Å². The summed E-state index contributed by atoms with van der Waals surface area (Å²) in [7, 11) is 0. The van der Waals surface area contributed by atoms with Gasteiger partial charge in [-0.25, -0.2) is 14.2 Å². The monoisotopic (exact) mass is 463 g/mol. The van der Waals surface area contributed by atoms with Crippen LogP contribution in [0.4, 0.5) is 4.39 Å². The highest BCUT2D eigenvalue weighted by Crippen LogP contribution is 2.30. The van der Waals surface area contributed by atoms with Gasteiger partial charge < -0.3 is 9.84 Å². The largest absolute Gasteiger partial charge is 0.488 e. The number of ether oxygens (including phenoxy) is 1. The normalized spacial score (nSPS) is 11.5. The van der Waals surface area contributed by atoms with Crippen molar-refractivity contribution in [3.63, 3.8) is 0 Å². The SMILES string of the molecule is Cc1nc(S/C(=C\c2ccc(OCc3ccccc3F)c(Br)c2)C(=O)O)n[nH]1. The molecule has 0 atom stereocenters. The van der Waals surface area contributed by atoms with Crippen molar-refractivity contribution in [2.24, 2.45) is 0 Å². The lowest BCUT2D eigenvalue weighted by Crippen LogP contribution is -1.99. The van der Waals surface area contributed by atoms with E-state index in [-0.39, 0.29) is 17.3 Å². The summed E-state index contributed by atoms with van der Waals surface area (Å²) in [6.45, 7) is 1.82. The molecule has 144 valence electrons. The van der Waals surface area contributed by atoms with E-state index in [0.29, 0.717) is 32.3 Å². The highest BCUT2D eigenvalue weighted by molar-refractivity contribution is 9.10. The first-order valence-corrected chi connectivity index (χ1v) is 9.71. The van der Waals surface area contributed by atoms with Crippen molar-refractivity contribution >= 4 is 39.7 Å². The Morgan fingerprint density at radius 2 is 2.14 bits per heavy atom. The number of H-pyrrole nitrogens is 1. The van der Waals surface area contributed by atoms with Crippen LogP contribution in [0.25, 0.3) is 6.08 Å². The second-order valence-corrected chi connectivity index (χ2v) is 7.55. The highest BCUT2D eigenvalue weighted by Gasteiger charge is 2.13. The van der Waals surface area contributed by atoms with Gasteiger partial charge in [-0.3, -0.25) is 5.10 Å². The Bertz CT molecular complexity index is 1040. The van der Waals surface area contributed by atoms with Crippen LogP contribution >= 0.6 is 27.7 Å². The number of aromatic amines is 1. The summed E-state index contributed by atoms with van der Waals surface area (Å²) < 4.78 is 20.0. The molecule has 9 heteroatoms. The molecule has 1 heterocycles. The van der Waals surface area contributed by atoms with E-state index in [0.717, 1.165) is 11.8 Å². The van der Waals surface area contributed by atoms with Crippen molar-refractivity contribution in [2.75, 3.05) is 0 Å². The minimum Gasteiger partial charge on any atom is -0.488 e. The zero-order valence-electron chi connectivity index (χ0n) is 14.6. The number of aryl methyl sites for hydroxylation is 1. The quantitative estimate of drug-likeness (QED) is 0.386. The van der Waals surface area contributed by atoms with Gasteiger partial charge in [0.15, 0.2) is 0 Å². The fourth-order valence-electron chi connectivity index (χ4n) is 2.25. The van der Waals surface area contributed by atoms with Gasteiger partial charge in [0.05, 0.1) is 4.47 Å². The van der Waals surface area contributed by atoms with Gasteiger partial charge in [-0.1, -0.05) is 24.3 Å². The van der Waals surface area contributed by atoms with E-state index in [9.17, 15) is 14.3 Å². The van der Waals surface area contributed by atoms with Crippen molar-refractivity contribution in [3.05, 3.63) is 74.6 Å². The number of hydrogen-bond donors (Lipinski definition) is 2. The van der Waals surface area contributed by atoms with Crippen LogP contribution in [0.15, 0.2) is 57.0 Å². The first kappa shape index (κ1) is 20.1. The first-order valence-electron chi connectivity index (χ1n) is 8.10. The van der Waals surface area contributed by atoms with Gasteiger partial charge in [-0.05, 0) is 64.5 Å². The number of rotatable bonds is 7. The van der Waals surface area contributed by atoms with Crippen molar-refractivity contribution in [2.45, 2.75) is 18.7 Å². The van der Waals surface area contributed by atoms with Crippen LogP contribution < -0.4 is 4.74 Å². The Hall–Kier alpha value is -2.65. The maximum absolute atomic E-state index is 13.7. The summed E-state index contributed by atoms with van der Waals surface area (Å²) >= 11 is 4.36. The second-order valence-electron chi connectivity index (χ2n) is 5.69. The molecule has 0 saturated carbocycles. The Kier molecular flexibility index (Phi) is 6.48. The number of nitrogens with one attached hydrogen (secondary N) is 1. The maximum Gasteiger partial charge on any atom is 0.342 e. The first-order chi connectivity index (χ1) is 13.4. The third-order valence-corrected chi connectivity index (χ3v) is 5.08. The second kappa shape index (κ2) is 9.03. The molecule has 3 rings (SSSR count). The Labute approximate surface area is 173 Å². The predicted molar refractivity (Wildman–Crippen MR) is 107 cm³/mol. The third kappa shape index (κ3) is 5.20. The molecule has 0 amide bonds. The van der Waals surface area contributed by atoms with Crippen LogP contribution in [0, 0.1) is 12.7 Å². The molecule has 2 N–H and O–H groups in total. The Balaban J connectivity index is 1.75. The molecule has 0 aliphatic heterocycles. The van der Waals surface area contributed by atoms with E-state index >= 15 is 0 Å². The molecular weight excluding hydrogens is 449 g/mol. The third-order valence-electron chi connectivity index (χ3n) is 3.58.